The van der Waals surface area contributed by atoms with Gasteiger partial charge in [0, 0.05) is 13.1 Å². The Hall–Kier alpha value is -2.19. The maximum Gasteiger partial charge on any atom is 0.313 e. The predicted octanol–water partition coefficient (Wildman–Crippen LogP) is 3.18. The van der Waals surface area contributed by atoms with E-state index < -0.39 is 15.4 Å². The molecule has 2 heterocycles. The Bertz CT molecular complexity index is 979. The lowest BCUT2D eigenvalue weighted by Gasteiger charge is -2.40. The van der Waals surface area contributed by atoms with E-state index in [4.69, 9.17) is 9.26 Å². The third kappa shape index (κ3) is 4.09. The summed E-state index contributed by atoms with van der Waals surface area (Å²) in [5.41, 5.74) is 1.50. The Morgan fingerprint density at radius 3 is 2.62 bits per heavy atom. The van der Waals surface area contributed by atoms with Gasteiger partial charge < -0.3 is 9.26 Å². The van der Waals surface area contributed by atoms with Crippen molar-refractivity contribution in [2.75, 3.05) is 19.7 Å². The van der Waals surface area contributed by atoms with Crippen LogP contribution in [0.1, 0.15) is 42.3 Å². The second-order valence-electron chi connectivity index (χ2n) is 7.70. The van der Waals surface area contributed by atoms with Crippen LogP contribution in [-0.2, 0) is 26.0 Å². The van der Waals surface area contributed by atoms with Crippen LogP contribution in [0.15, 0.2) is 33.7 Å². The highest BCUT2D eigenvalue weighted by Gasteiger charge is 2.47. The molecule has 0 saturated carbocycles. The van der Waals surface area contributed by atoms with Gasteiger partial charge in [-0.3, -0.25) is 4.79 Å². The molecule has 8 heteroatoms. The van der Waals surface area contributed by atoms with Gasteiger partial charge in [-0.15, -0.1) is 0 Å². The minimum absolute atomic E-state index is 0.0760. The van der Waals surface area contributed by atoms with E-state index in [1.165, 1.54) is 4.31 Å². The van der Waals surface area contributed by atoms with Crippen LogP contribution < -0.4 is 0 Å². The molecule has 0 amide bonds. The molecule has 1 unspecified atom stereocenters. The van der Waals surface area contributed by atoms with Gasteiger partial charge in [-0.1, -0.05) is 29.4 Å². The largest absolute Gasteiger partial charge is 0.466 e. The monoisotopic (exact) mass is 420 g/mol. The van der Waals surface area contributed by atoms with E-state index in [0.29, 0.717) is 31.5 Å². The van der Waals surface area contributed by atoms with Crippen LogP contribution in [-0.4, -0.2) is 43.5 Å². The number of carbonyl (C=O) groups excluding carboxylic acids is 1. The second kappa shape index (κ2) is 8.28. The predicted molar refractivity (Wildman–Crippen MR) is 108 cm³/mol. The van der Waals surface area contributed by atoms with Gasteiger partial charge in [0.1, 0.15) is 10.6 Å². The number of esters is 1. The minimum Gasteiger partial charge on any atom is -0.466 e. The van der Waals surface area contributed by atoms with Crippen molar-refractivity contribution in [1.82, 2.24) is 9.46 Å². The first kappa shape index (κ1) is 21.5. The van der Waals surface area contributed by atoms with Crippen molar-refractivity contribution in [3.05, 3.63) is 46.8 Å². The Labute approximate surface area is 172 Å². The van der Waals surface area contributed by atoms with Gasteiger partial charge in [-0.25, -0.2) is 8.42 Å². The van der Waals surface area contributed by atoms with E-state index >= 15 is 0 Å². The summed E-state index contributed by atoms with van der Waals surface area (Å²) in [6.07, 6.45) is 1.59. The summed E-state index contributed by atoms with van der Waals surface area (Å²) < 4.78 is 38.6. The molecule has 0 bridgehead atoms. The minimum atomic E-state index is -3.83. The molecule has 0 radical (unpaired) electrons. The van der Waals surface area contributed by atoms with Crippen LogP contribution in [0.5, 0.6) is 0 Å². The smallest absolute Gasteiger partial charge is 0.313 e. The summed E-state index contributed by atoms with van der Waals surface area (Å²) in [7, 11) is -3.83. The maximum absolute atomic E-state index is 13.4. The van der Waals surface area contributed by atoms with Crippen molar-refractivity contribution in [2.24, 2.45) is 5.41 Å². The molecule has 1 atom stereocenters. The van der Waals surface area contributed by atoms with E-state index in [2.05, 4.69) is 5.16 Å². The van der Waals surface area contributed by atoms with Gasteiger partial charge in [0.15, 0.2) is 5.76 Å². The molecule has 1 aliphatic rings. The van der Waals surface area contributed by atoms with Crippen LogP contribution in [0.2, 0.25) is 0 Å². The van der Waals surface area contributed by atoms with Crippen molar-refractivity contribution < 1.29 is 22.5 Å². The average molecular weight is 421 g/mol. The lowest BCUT2D eigenvalue weighted by molar-refractivity contribution is -0.157. The first-order chi connectivity index (χ1) is 13.7. The summed E-state index contributed by atoms with van der Waals surface area (Å²) in [4.78, 5) is 13.1. The van der Waals surface area contributed by atoms with E-state index in [-0.39, 0.29) is 29.8 Å². The number of hydrogen-bond acceptors (Lipinski definition) is 6. The van der Waals surface area contributed by atoms with Crippen LogP contribution in [0, 0.1) is 26.2 Å². The highest BCUT2D eigenvalue weighted by Crippen LogP contribution is 2.38. The molecule has 29 heavy (non-hydrogen) atoms. The number of nitrogens with zero attached hydrogens (tertiary/aromatic N) is 2. The molecule has 0 N–H and O–H groups in total. The number of aryl methyl sites for hydroxylation is 3. The number of aromatic nitrogens is 1. The highest BCUT2D eigenvalue weighted by atomic mass is 32.2. The number of benzene rings is 1. The van der Waals surface area contributed by atoms with Gasteiger partial charge in [-0.05, 0) is 58.1 Å². The average Bonchev–Trinajstić information content (AvgIpc) is 3.03. The van der Waals surface area contributed by atoms with Crippen molar-refractivity contribution in [2.45, 2.75) is 51.9 Å². The zero-order valence-electron chi connectivity index (χ0n) is 17.4. The van der Waals surface area contributed by atoms with Crippen LogP contribution in [0.25, 0.3) is 0 Å². The van der Waals surface area contributed by atoms with Crippen molar-refractivity contribution in [3.8, 4) is 0 Å². The molecule has 158 valence electrons. The fourth-order valence-electron chi connectivity index (χ4n) is 4.11. The Kier molecular flexibility index (Phi) is 6.14. The lowest BCUT2D eigenvalue weighted by atomic mass is 9.75. The number of piperidine rings is 1. The van der Waals surface area contributed by atoms with Crippen molar-refractivity contribution >= 4 is 16.0 Å². The SMILES string of the molecule is CCOC(=O)C1(Cc2ccccc2C)CCCN(S(=O)(=O)c2c(C)noc2C)C1. The van der Waals surface area contributed by atoms with E-state index in [1.54, 1.807) is 20.8 Å². The topological polar surface area (TPSA) is 89.7 Å². The number of sulfonamides is 1. The molecule has 2 aromatic rings. The van der Waals surface area contributed by atoms with Crippen molar-refractivity contribution in [3.63, 3.8) is 0 Å². The van der Waals surface area contributed by atoms with Crippen LogP contribution >= 0.6 is 0 Å². The first-order valence-corrected chi connectivity index (χ1v) is 11.3. The molecular formula is C21H28N2O5S. The zero-order chi connectivity index (χ0) is 21.2. The molecule has 1 aromatic carbocycles. The van der Waals surface area contributed by atoms with Gasteiger partial charge in [0.05, 0.1) is 12.0 Å². The molecule has 1 aliphatic heterocycles. The summed E-state index contributed by atoms with van der Waals surface area (Å²) in [6, 6.07) is 7.86. The normalized spacial score (nSPS) is 20.6. The summed E-state index contributed by atoms with van der Waals surface area (Å²) >= 11 is 0. The molecule has 3 rings (SSSR count). The summed E-state index contributed by atoms with van der Waals surface area (Å²) in [6.45, 7) is 7.64. The Morgan fingerprint density at radius 2 is 2.00 bits per heavy atom. The first-order valence-electron chi connectivity index (χ1n) is 9.86. The molecule has 7 nitrogen and oxygen atoms in total. The fraction of sp³-hybridized carbons (Fsp3) is 0.524. The Balaban J connectivity index is 2.00. The quantitative estimate of drug-likeness (QED) is 0.667. The third-order valence-corrected chi connectivity index (χ3v) is 7.70. The number of carbonyl (C=O) groups is 1. The van der Waals surface area contributed by atoms with Gasteiger partial charge in [0.2, 0.25) is 10.0 Å². The van der Waals surface area contributed by atoms with Gasteiger partial charge in [0.25, 0.3) is 0 Å². The van der Waals surface area contributed by atoms with Crippen LogP contribution in [0.3, 0.4) is 0 Å². The van der Waals surface area contributed by atoms with E-state index in [9.17, 15) is 13.2 Å². The van der Waals surface area contributed by atoms with Crippen LogP contribution in [0.4, 0.5) is 0 Å². The number of ether oxygens (including phenoxy) is 1. The van der Waals surface area contributed by atoms with Gasteiger partial charge >= 0.3 is 5.97 Å². The molecule has 0 aliphatic carbocycles. The summed E-state index contributed by atoms with van der Waals surface area (Å²) in [5.74, 6) is -0.0874. The Morgan fingerprint density at radius 1 is 1.28 bits per heavy atom. The second-order valence-corrected chi connectivity index (χ2v) is 9.57. The molecule has 1 fully saturated rings. The van der Waals surface area contributed by atoms with E-state index in [0.717, 1.165) is 11.1 Å². The highest BCUT2D eigenvalue weighted by molar-refractivity contribution is 7.89. The maximum atomic E-state index is 13.4. The number of hydrogen-bond donors (Lipinski definition) is 0. The third-order valence-electron chi connectivity index (χ3n) is 5.61. The zero-order valence-corrected chi connectivity index (χ0v) is 18.2. The molecule has 0 spiro atoms. The molecular weight excluding hydrogens is 392 g/mol. The van der Waals surface area contributed by atoms with Crippen molar-refractivity contribution in [1.29, 1.82) is 0 Å². The molecule has 1 saturated heterocycles. The summed E-state index contributed by atoms with van der Waals surface area (Å²) in [5, 5.41) is 3.79. The standard InChI is InChI=1S/C21H28N2O5S/c1-5-27-20(24)21(13-18-10-7-6-9-15(18)2)11-8-12-23(14-21)29(25,26)19-16(3)22-28-17(19)4/h6-7,9-10H,5,8,11-14H2,1-4H3. The lowest BCUT2D eigenvalue weighted by Crippen LogP contribution is -2.51. The number of rotatable bonds is 6. The van der Waals surface area contributed by atoms with E-state index in [1.807, 2.05) is 31.2 Å². The molecule has 1 aromatic heterocycles. The van der Waals surface area contributed by atoms with Gasteiger partial charge in [-0.2, -0.15) is 4.31 Å². The fourth-order valence-corrected chi connectivity index (χ4v) is 5.96.